The second kappa shape index (κ2) is 11.7. The number of likely N-dealkylation sites (N-methyl/N-ethyl adjacent to an activating group) is 1. The van der Waals surface area contributed by atoms with Crippen molar-refractivity contribution < 1.29 is 9.53 Å². The lowest BCUT2D eigenvalue weighted by atomic mass is 10.00. The van der Waals surface area contributed by atoms with Gasteiger partial charge in [0.15, 0.2) is 5.96 Å². The number of guanidine groups is 1. The molecule has 1 fully saturated rings. The summed E-state index contributed by atoms with van der Waals surface area (Å²) in [4.78, 5) is 19.8. The predicted octanol–water partition coefficient (Wildman–Crippen LogP) is 1.57. The van der Waals surface area contributed by atoms with Crippen LogP contribution < -0.4 is 5.32 Å². The quantitative estimate of drug-likeness (QED) is 0.296. The van der Waals surface area contributed by atoms with E-state index in [1.165, 1.54) is 0 Å². The maximum absolute atomic E-state index is 11.7. The molecule has 7 heteroatoms. The Labute approximate surface area is 157 Å². The van der Waals surface area contributed by atoms with E-state index >= 15 is 0 Å². The number of ether oxygens (including phenoxy) is 1. The first kappa shape index (κ1) is 22.2. The fourth-order valence-electron chi connectivity index (χ4n) is 2.23. The highest BCUT2D eigenvalue weighted by atomic mass is 127. The number of hydrogen-bond donors (Lipinski definition) is 1. The van der Waals surface area contributed by atoms with Crippen LogP contribution in [0.4, 0.5) is 0 Å². The molecular weight excluding hydrogens is 407 g/mol. The molecule has 0 spiro atoms. The van der Waals surface area contributed by atoms with Crippen LogP contribution in [0.15, 0.2) is 17.1 Å². The van der Waals surface area contributed by atoms with Gasteiger partial charge in [0.25, 0.3) is 0 Å². The van der Waals surface area contributed by atoms with Gasteiger partial charge in [-0.3, -0.25) is 4.79 Å². The van der Waals surface area contributed by atoms with Crippen LogP contribution in [0.25, 0.3) is 0 Å². The van der Waals surface area contributed by atoms with Crippen LogP contribution in [-0.4, -0.2) is 75.7 Å². The van der Waals surface area contributed by atoms with Crippen molar-refractivity contribution in [3.63, 3.8) is 0 Å². The van der Waals surface area contributed by atoms with Gasteiger partial charge in [-0.25, -0.2) is 4.99 Å². The minimum absolute atomic E-state index is 0. The van der Waals surface area contributed by atoms with Crippen LogP contribution in [0.3, 0.4) is 0 Å². The van der Waals surface area contributed by atoms with Crippen molar-refractivity contribution in [2.75, 3.05) is 54.0 Å². The first-order valence-corrected chi connectivity index (χ1v) is 7.82. The third-order valence-corrected chi connectivity index (χ3v) is 3.65. The Morgan fingerprint density at radius 3 is 2.43 bits per heavy atom. The van der Waals surface area contributed by atoms with Crippen LogP contribution >= 0.6 is 24.0 Å². The van der Waals surface area contributed by atoms with Crippen LogP contribution in [0.5, 0.6) is 0 Å². The Balaban J connectivity index is 0.00000484. The van der Waals surface area contributed by atoms with Crippen molar-refractivity contribution in [1.29, 1.82) is 0 Å². The third kappa shape index (κ3) is 9.14. The van der Waals surface area contributed by atoms with Crippen LogP contribution in [-0.2, 0) is 9.53 Å². The Morgan fingerprint density at radius 2 is 1.91 bits per heavy atom. The van der Waals surface area contributed by atoms with Crippen LogP contribution in [0.1, 0.15) is 19.8 Å². The van der Waals surface area contributed by atoms with Gasteiger partial charge < -0.3 is 19.9 Å². The average Bonchev–Trinajstić information content (AvgIpc) is 2.47. The molecule has 1 saturated heterocycles. The summed E-state index contributed by atoms with van der Waals surface area (Å²) in [6, 6.07) is 0. The molecule has 1 amide bonds. The van der Waals surface area contributed by atoms with Crippen molar-refractivity contribution >= 4 is 35.8 Å². The lowest BCUT2D eigenvalue weighted by Crippen LogP contribution is -2.43. The van der Waals surface area contributed by atoms with Gasteiger partial charge in [0.1, 0.15) is 6.54 Å². The van der Waals surface area contributed by atoms with Gasteiger partial charge in [0, 0.05) is 47.4 Å². The molecular formula is C16H31IN4O2. The molecule has 1 aliphatic rings. The summed E-state index contributed by atoms with van der Waals surface area (Å²) in [6.45, 7) is 9.27. The van der Waals surface area contributed by atoms with E-state index in [4.69, 9.17) is 4.74 Å². The highest BCUT2D eigenvalue weighted by Gasteiger charge is 2.18. The predicted molar refractivity (Wildman–Crippen MR) is 105 cm³/mol. The van der Waals surface area contributed by atoms with E-state index in [-0.39, 0.29) is 36.4 Å². The van der Waals surface area contributed by atoms with Gasteiger partial charge in [0.05, 0.1) is 0 Å². The molecule has 0 aliphatic carbocycles. The number of carbonyl (C=O) groups is 1. The Hall–Kier alpha value is -0.830. The number of nitrogens with one attached hydrogen (secondary N) is 1. The van der Waals surface area contributed by atoms with Gasteiger partial charge in [-0.15, -0.1) is 24.0 Å². The zero-order valence-corrected chi connectivity index (χ0v) is 17.1. The number of carbonyl (C=O) groups excluding carboxylic acids is 1. The Bertz CT molecular complexity index is 407. The number of halogens is 1. The van der Waals surface area contributed by atoms with E-state index in [1.54, 1.807) is 19.0 Å². The molecule has 1 rings (SSSR count). The molecule has 134 valence electrons. The van der Waals surface area contributed by atoms with Gasteiger partial charge in [-0.1, -0.05) is 12.2 Å². The third-order valence-electron chi connectivity index (χ3n) is 3.65. The van der Waals surface area contributed by atoms with Gasteiger partial charge in [0.2, 0.25) is 5.91 Å². The Kier molecular flexibility index (Phi) is 11.2. The van der Waals surface area contributed by atoms with Crippen molar-refractivity contribution in [2.45, 2.75) is 19.8 Å². The van der Waals surface area contributed by atoms with Crippen molar-refractivity contribution in [1.82, 2.24) is 15.1 Å². The summed E-state index contributed by atoms with van der Waals surface area (Å²) in [5.41, 5.74) is 1.03. The zero-order chi connectivity index (χ0) is 16.5. The van der Waals surface area contributed by atoms with E-state index in [0.29, 0.717) is 12.5 Å². The standard InChI is InChI=1S/C16H30N4O2.HI/c1-13(2)10-17-16(18-11-15(21)19(3)4)20(5)12-14-6-8-22-9-7-14;/h14H,1,6-12H2,2-5H3,(H,17,18);1H. The van der Waals surface area contributed by atoms with Crippen LogP contribution in [0.2, 0.25) is 0 Å². The molecule has 0 aromatic carbocycles. The molecule has 23 heavy (non-hydrogen) atoms. The molecule has 0 bridgehead atoms. The SMILES string of the molecule is C=C(C)CNC(=NCC(=O)N(C)C)N(C)CC1CCOCC1.I. The van der Waals surface area contributed by atoms with Gasteiger partial charge in [-0.2, -0.15) is 0 Å². The topological polar surface area (TPSA) is 57.2 Å². The molecule has 0 unspecified atom stereocenters. The summed E-state index contributed by atoms with van der Waals surface area (Å²) in [6.07, 6.45) is 2.16. The molecule has 6 nitrogen and oxygen atoms in total. The lowest BCUT2D eigenvalue weighted by molar-refractivity contribution is -0.127. The summed E-state index contributed by atoms with van der Waals surface area (Å²) in [5, 5.41) is 3.28. The molecule has 0 saturated carbocycles. The molecule has 0 radical (unpaired) electrons. The summed E-state index contributed by atoms with van der Waals surface area (Å²) < 4.78 is 5.40. The minimum atomic E-state index is -0.00547. The van der Waals surface area contributed by atoms with E-state index < -0.39 is 0 Å². The monoisotopic (exact) mass is 438 g/mol. The first-order valence-electron chi connectivity index (χ1n) is 7.82. The van der Waals surface area contributed by atoms with E-state index in [2.05, 4.69) is 21.8 Å². The van der Waals surface area contributed by atoms with E-state index in [1.807, 2.05) is 14.0 Å². The fraction of sp³-hybridized carbons (Fsp3) is 0.750. The second-order valence-electron chi connectivity index (χ2n) is 6.17. The van der Waals surface area contributed by atoms with E-state index in [0.717, 1.165) is 44.1 Å². The largest absolute Gasteiger partial charge is 0.381 e. The molecule has 0 atom stereocenters. The fourth-order valence-corrected chi connectivity index (χ4v) is 2.23. The number of nitrogens with zero attached hydrogens (tertiary/aromatic N) is 3. The normalized spacial score (nSPS) is 15.6. The molecule has 1 aliphatic heterocycles. The average molecular weight is 438 g/mol. The summed E-state index contributed by atoms with van der Waals surface area (Å²) in [5.74, 6) is 1.36. The number of amides is 1. The highest BCUT2D eigenvalue weighted by molar-refractivity contribution is 14.0. The van der Waals surface area contributed by atoms with Crippen molar-refractivity contribution in [3.8, 4) is 0 Å². The zero-order valence-electron chi connectivity index (χ0n) is 14.8. The lowest BCUT2D eigenvalue weighted by Gasteiger charge is -2.29. The van der Waals surface area contributed by atoms with Crippen molar-refractivity contribution in [2.24, 2.45) is 10.9 Å². The summed E-state index contributed by atoms with van der Waals surface area (Å²) in [7, 11) is 5.50. The number of hydrogen-bond acceptors (Lipinski definition) is 3. The summed E-state index contributed by atoms with van der Waals surface area (Å²) >= 11 is 0. The molecule has 0 aromatic heterocycles. The highest BCUT2D eigenvalue weighted by Crippen LogP contribution is 2.15. The maximum Gasteiger partial charge on any atom is 0.243 e. The first-order chi connectivity index (χ1) is 10.4. The molecule has 0 aromatic rings. The van der Waals surface area contributed by atoms with Gasteiger partial charge in [-0.05, 0) is 25.7 Å². The molecule has 1 N–H and O–H groups in total. The van der Waals surface area contributed by atoms with E-state index in [9.17, 15) is 4.79 Å². The van der Waals surface area contributed by atoms with Crippen molar-refractivity contribution in [3.05, 3.63) is 12.2 Å². The van der Waals surface area contributed by atoms with Crippen LogP contribution in [0, 0.1) is 5.92 Å². The second-order valence-corrected chi connectivity index (χ2v) is 6.17. The minimum Gasteiger partial charge on any atom is -0.381 e. The smallest absolute Gasteiger partial charge is 0.243 e. The maximum atomic E-state index is 11.7. The number of rotatable bonds is 6. The van der Waals surface area contributed by atoms with Gasteiger partial charge >= 0.3 is 0 Å². The molecule has 1 heterocycles. The Morgan fingerprint density at radius 1 is 1.30 bits per heavy atom. The number of aliphatic imine (C=N–C) groups is 1.